The maximum atomic E-state index is 3.81. The number of nitrogens with zero attached hydrogens (tertiary/aromatic N) is 2. The largest absolute Gasteiger partial charge is 0.370 e. The molecule has 1 saturated heterocycles. The second-order valence-electron chi connectivity index (χ2n) is 4.55. The van der Waals surface area contributed by atoms with E-state index in [9.17, 15) is 0 Å². The van der Waals surface area contributed by atoms with Crippen LogP contribution in [0.25, 0.3) is 6.08 Å². The van der Waals surface area contributed by atoms with E-state index in [0.717, 1.165) is 29.7 Å². The van der Waals surface area contributed by atoms with Crippen molar-refractivity contribution in [1.82, 2.24) is 4.90 Å². The van der Waals surface area contributed by atoms with Gasteiger partial charge in [0.05, 0.1) is 0 Å². The molecule has 1 aromatic rings. The molecule has 17 heavy (non-hydrogen) atoms. The quantitative estimate of drug-likeness (QED) is 0.826. The molecule has 2 nitrogen and oxygen atoms in total. The molecule has 0 radical (unpaired) electrons. The average molecular weight is 295 g/mol. The Morgan fingerprint density at radius 3 is 2.76 bits per heavy atom. The van der Waals surface area contributed by atoms with E-state index in [0.29, 0.717) is 0 Å². The molecule has 3 heteroatoms. The van der Waals surface area contributed by atoms with Gasteiger partial charge in [-0.05, 0) is 37.7 Å². The minimum Gasteiger partial charge on any atom is -0.370 e. The molecule has 0 aromatic heterocycles. The lowest BCUT2D eigenvalue weighted by Gasteiger charge is -2.23. The molecule has 0 amide bonds. The summed E-state index contributed by atoms with van der Waals surface area (Å²) < 4.78 is 1.13. The van der Waals surface area contributed by atoms with Crippen molar-refractivity contribution in [3.63, 3.8) is 0 Å². The highest BCUT2D eigenvalue weighted by Gasteiger charge is 2.13. The zero-order valence-corrected chi connectivity index (χ0v) is 11.9. The van der Waals surface area contributed by atoms with Crippen molar-refractivity contribution in [3.05, 3.63) is 34.8 Å². The molecule has 1 aliphatic heterocycles. The highest BCUT2D eigenvalue weighted by molar-refractivity contribution is 9.10. The lowest BCUT2D eigenvalue weighted by atomic mass is 10.2. The first-order valence-corrected chi connectivity index (χ1v) is 6.85. The van der Waals surface area contributed by atoms with E-state index >= 15 is 0 Å². The molecule has 1 fully saturated rings. The van der Waals surface area contributed by atoms with Crippen LogP contribution in [0, 0.1) is 0 Å². The number of anilines is 1. The lowest BCUT2D eigenvalue weighted by molar-refractivity contribution is 0.360. The zero-order valence-electron chi connectivity index (χ0n) is 10.3. The van der Waals surface area contributed by atoms with Gasteiger partial charge in [0.15, 0.2) is 0 Å². The summed E-state index contributed by atoms with van der Waals surface area (Å²) in [4.78, 5) is 4.86. The highest BCUT2D eigenvalue weighted by atomic mass is 79.9. The molecular formula is C14H19BrN2. The van der Waals surface area contributed by atoms with Crippen LogP contribution in [-0.4, -0.2) is 38.1 Å². The lowest BCUT2D eigenvalue weighted by Crippen LogP contribution is -2.28. The Bertz CT molecular complexity index is 403. The smallest absolute Gasteiger partial charge is 0.0378 e. The van der Waals surface area contributed by atoms with Crippen molar-refractivity contribution in [1.29, 1.82) is 0 Å². The maximum absolute atomic E-state index is 3.81. The molecule has 1 heterocycles. The van der Waals surface area contributed by atoms with Gasteiger partial charge in [-0.3, -0.25) is 0 Å². The number of rotatable bonds is 2. The van der Waals surface area contributed by atoms with Gasteiger partial charge in [0.2, 0.25) is 0 Å². The molecule has 1 aromatic carbocycles. The molecule has 2 rings (SSSR count). The number of benzene rings is 1. The SMILES string of the molecule is C=Cc1ccc(N2CCCN(C)CC2)cc1Br. The minimum atomic E-state index is 1.11. The molecule has 0 spiro atoms. The Hall–Kier alpha value is -0.800. The van der Waals surface area contributed by atoms with Crippen molar-refractivity contribution >= 4 is 27.7 Å². The minimum absolute atomic E-state index is 1.11. The van der Waals surface area contributed by atoms with E-state index in [1.54, 1.807) is 0 Å². The van der Waals surface area contributed by atoms with E-state index in [-0.39, 0.29) is 0 Å². The van der Waals surface area contributed by atoms with Crippen LogP contribution in [0.3, 0.4) is 0 Å². The number of hydrogen-bond acceptors (Lipinski definition) is 2. The van der Waals surface area contributed by atoms with Gasteiger partial charge in [-0.15, -0.1) is 0 Å². The number of hydrogen-bond donors (Lipinski definition) is 0. The topological polar surface area (TPSA) is 6.48 Å². The first kappa shape index (κ1) is 12.7. The Kier molecular flexibility index (Phi) is 4.24. The Balaban J connectivity index is 2.16. The molecule has 92 valence electrons. The Labute approximate surface area is 112 Å². The van der Waals surface area contributed by atoms with E-state index in [1.807, 2.05) is 6.08 Å². The molecule has 0 unspecified atom stereocenters. The predicted octanol–water partition coefficient (Wildman–Crippen LogP) is 3.23. The van der Waals surface area contributed by atoms with Crippen LogP contribution in [0.4, 0.5) is 5.69 Å². The van der Waals surface area contributed by atoms with Gasteiger partial charge in [0, 0.05) is 29.8 Å². The first-order chi connectivity index (χ1) is 8.20. The summed E-state index contributed by atoms with van der Waals surface area (Å²) in [5.41, 5.74) is 2.46. The van der Waals surface area contributed by atoms with Gasteiger partial charge < -0.3 is 9.80 Å². The molecule has 0 aliphatic carbocycles. The van der Waals surface area contributed by atoms with Crippen molar-refractivity contribution in [2.45, 2.75) is 6.42 Å². The van der Waals surface area contributed by atoms with Crippen LogP contribution < -0.4 is 4.90 Å². The third kappa shape index (κ3) is 3.11. The first-order valence-electron chi connectivity index (χ1n) is 6.06. The van der Waals surface area contributed by atoms with Crippen LogP contribution in [0.15, 0.2) is 29.3 Å². The second kappa shape index (κ2) is 5.69. The van der Waals surface area contributed by atoms with Gasteiger partial charge in [-0.1, -0.05) is 34.7 Å². The number of halogens is 1. The summed E-state index contributed by atoms with van der Waals surface area (Å²) >= 11 is 3.60. The summed E-state index contributed by atoms with van der Waals surface area (Å²) in [7, 11) is 2.19. The monoisotopic (exact) mass is 294 g/mol. The fraction of sp³-hybridized carbons (Fsp3) is 0.429. The average Bonchev–Trinajstić information content (AvgIpc) is 2.54. The van der Waals surface area contributed by atoms with E-state index in [4.69, 9.17) is 0 Å². The summed E-state index contributed by atoms with van der Waals surface area (Å²) in [5.74, 6) is 0. The molecule has 0 atom stereocenters. The summed E-state index contributed by atoms with van der Waals surface area (Å²) in [6.07, 6.45) is 3.11. The Morgan fingerprint density at radius 1 is 1.24 bits per heavy atom. The summed E-state index contributed by atoms with van der Waals surface area (Å²) in [6, 6.07) is 6.51. The van der Waals surface area contributed by atoms with Crippen LogP contribution >= 0.6 is 15.9 Å². The third-order valence-corrected chi connectivity index (χ3v) is 3.98. The maximum Gasteiger partial charge on any atom is 0.0378 e. The van der Waals surface area contributed by atoms with E-state index in [1.165, 1.54) is 18.7 Å². The molecule has 1 aliphatic rings. The van der Waals surface area contributed by atoms with Crippen LogP contribution in [0.2, 0.25) is 0 Å². The summed E-state index contributed by atoms with van der Waals surface area (Å²) in [5, 5.41) is 0. The Morgan fingerprint density at radius 2 is 2.06 bits per heavy atom. The molecule has 0 bridgehead atoms. The normalized spacial score (nSPS) is 17.9. The van der Waals surface area contributed by atoms with Crippen molar-refractivity contribution in [2.75, 3.05) is 38.1 Å². The zero-order chi connectivity index (χ0) is 12.3. The third-order valence-electron chi connectivity index (χ3n) is 3.29. The van der Waals surface area contributed by atoms with Crippen molar-refractivity contribution < 1.29 is 0 Å². The fourth-order valence-electron chi connectivity index (χ4n) is 2.18. The standard InChI is InChI=1S/C14H19BrN2/c1-3-12-5-6-13(11-14(12)15)17-8-4-7-16(2)9-10-17/h3,5-6,11H,1,4,7-10H2,2H3. The van der Waals surface area contributed by atoms with Gasteiger partial charge in [-0.25, -0.2) is 0 Å². The highest BCUT2D eigenvalue weighted by Crippen LogP contribution is 2.25. The second-order valence-corrected chi connectivity index (χ2v) is 5.41. The van der Waals surface area contributed by atoms with Crippen LogP contribution in [0.1, 0.15) is 12.0 Å². The van der Waals surface area contributed by atoms with Crippen molar-refractivity contribution in [3.8, 4) is 0 Å². The number of likely N-dealkylation sites (N-methyl/N-ethyl adjacent to an activating group) is 1. The predicted molar refractivity (Wildman–Crippen MR) is 78.6 cm³/mol. The van der Waals surface area contributed by atoms with Crippen LogP contribution in [0.5, 0.6) is 0 Å². The molecule has 0 saturated carbocycles. The fourth-order valence-corrected chi connectivity index (χ4v) is 2.71. The van der Waals surface area contributed by atoms with Crippen LogP contribution in [-0.2, 0) is 0 Å². The van der Waals surface area contributed by atoms with E-state index < -0.39 is 0 Å². The van der Waals surface area contributed by atoms with Gasteiger partial charge in [0.25, 0.3) is 0 Å². The van der Waals surface area contributed by atoms with Crippen molar-refractivity contribution in [2.24, 2.45) is 0 Å². The van der Waals surface area contributed by atoms with Gasteiger partial charge in [-0.2, -0.15) is 0 Å². The summed E-state index contributed by atoms with van der Waals surface area (Å²) in [6.45, 7) is 8.40. The van der Waals surface area contributed by atoms with E-state index in [2.05, 4.69) is 57.6 Å². The van der Waals surface area contributed by atoms with Gasteiger partial charge >= 0.3 is 0 Å². The van der Waals surface area contributed by atoms with Gasteiger partial charge in [0.1, 0.15) is 0 Å². The molecular weight excluding hydrogens is 276 g/mol. The molecule has 0 N–H and O–H groups in total.